The largest absolute Gasteiger partial charge is 0.367 e. The SMILES string of the molecule is Cc1cc(N2CCN(c3ccnc4c(F)cc(F)cc34)CC2)n2ncnc2n1. The van der Waals surface area contributed by atoms with Crippen LogP contribution in [0.15, 0.2) is 36.8 Å². The van der Waals surface area contributed by atoms with Gasteiger partial charge in [-0.1, -0.05) is 0 Å². The van der Waals surface area contributed by atoms with E-state index >= 15 is 0 Å². The minimum atomic E-state index is -0.642. The number of benzene rings is 1. The molecule has 1 aromatic carbocycles. The summed E-state index contributed by atoms with van der Waals surface area (Å²) < 4.78 is 29.6. The van der Waals surface area contributed by atoms with Crippen molar-refractivity contribution in [1.82, 2.24) is 24.6 Å². The zero-order chi connectivity index (χ0) is 19.3. The standard InChI is InChI=1S/C19H17F2N7/c1-12-8-17(28-19(25-12)23-11-24-28)27-6-4-26(5-7-27)16-2-3-22-18-14(16)9-13(20)10-15(18)21/h2-3,8-11H,4-7H2,1H3. The zero-order valence-electron chi connectivity index (χ0n) is 15.2. The molecule has 1 fully saturated rings. The first kappa shape index (κ1) is 16.8. The van der Waals surface area contributed by atoms with Crippen LogP contribution in [0.5, 0.6) is 0 Å². The molecule has 1 saturated heterocycles. The Morgan fingerprint density at radius 1 is 0.964 bits per heavy atom. The smallest absolute Gasteiger partial charge is 0.254 e. The highest BCUT2D eigenvalue weighted by atomic mass is 19.1. The van der Waals surface area contributed by atoms with Crippen molar-refractivity contribution >= 4 is 28.2 Å². The van der Waals surface area contributed by atoms with Gasteiger partial charge in [0.25, 0.3) is 5.78 Å². The number of pyridine rings is 1. The molecule has 0 atom stereocenters. The van der Waals surface area contributed by atoms with Crippen molar-refractivity contribution in [3.63, 3.8) is 0 Å². The summed E-state index contributed by atoms with van der Waals surface area (Å²) in [7, 11) is 0. The molecule has 28 heavy (non-hydrogen) atoms. The molecule has 0 radical (unpaired) electrons. The van der Waals surface area contributed by atoms with E-state index in [1.54, 1.807) is 10.7 Å². The summed E-state index contributed by atoms with van der Waals surface area (Å²) in [6.45, 7) is 4.81. The fraction of sp³-hybridized carbons (Fsp3) is 0.263. The lowest BCUT2D eigenvalue weighted by molar-refractivity contribution is 0.590. The van der Waals surface area contributed by atoms with Crippen molar-refractivity contribution in [3.8, 4) is 0 Å². The second kappa shape index (κ2) is 6.36. The van der Waals surface area contributed by atoms with Gasteiger partial charge in [-0.25, -0.2) is 13.8 Å². The highest BCUT2D eigenvalue weighted by Crippen LogP contribution is 2.29. The van der Waals surface area contributed by atoms with E-state index in [1.165, 1.54) is 12.4 Å². The molecular weight excluding hydrogens is 364 g/mol. The lowest BCUT2D eigenvalue weighted by Gasteiger charge is -2.37. The number of nitrogens with zero attached hydrogens (tertiary/aromatic N) is 7. The van der Waals surface area contributed by atoms with Crippen molar-refractivity contribution in [2.45, 2.75) is 6.92 Å². The van der Waals surface area contributed by atoms with Gasteiger partial charge in [0.2, 0.25) is 0 Å². The van der Waals surface area contributed by atoms with Crippen molar-refractivity contribution in [2.24, 2.45) is 0 Å². The van der Waals surface area contributed by atoms with E-state index in [0.717, 1.165) is 36.4 Å². The van der Waals surface area contributed by atoms with Gasteiger partial charge in [0.1, 0.15) is 23.5 Å². The predicted octanol–water partition coefficient (Wildman–Crippen LogP) is 2.59. The first-order valence-electron chi connectivity index (χ1n) is 9.01. The Bertz CT molecular complexity index is 1180. The van der Waals surface area contributed by atoms with Gasteiger partial charge in [0, 0.05) is 61.3 Å². The number of anilines is 2. The van der Waals surface area contributed by atoms with Crippen molar-refractivity contribution in [1.29, 1.82) is 0 Å². The van der Waals surface area contributed by atoms with Gasteiger partial charge in [0.05, 0.1) is 0 Å². The highest BCUT2D eigenvalue weighted by Gasteiger charge is 2.22. The van der Waals surface area contributed by atoms with E-state index in [2.05, 4.69) is 29.9 Å². The van der Waals surface area contributed by atoms with Crippen molar-refractivity contribution < 1.29 is 8.78 Å². The summed E-state index contributed by atoms with van der Waals surface area (Å²) in [5.41, 5.74) is 1.86. The van der Waals surface area contributed by atoms with Crippen LogP contribution in [0.2, 0.25) is 0 Å². The predicted molar refractivity (Wildman–Crippen MR) is 102 cm³/mol. The van der Waals surface area contributed by atoms with Gasteiger partial charge in [-0.15, -0.1) is 0 Å². The van der Waals surface area contributed by atoms with Gasteiger partial charge < -0.3 is 9.80 Å². The van der Waals surface area contributed by atoms with Gasteiger partial charge in [-0.05, 0) is 19.1 Å². The Labute approximate surface area is 159 Å². The van der Waals surface area contributed by atoms with E-state index in [4.69, 9.17) is 0 Å². The molecule has 0 saturated carbocycles. The number of piperazine rings is 1. The summed E-state index contributed by atoms with van der Waals surface area (Å²) in [5, 5.41) is 4.76. The molecule has 0 N–H and O–H groups in total. The molecule has 9 heteroatoms. The molecule has 1 aliphatic rings. The molecule has 0 unspecified atom stereocenters. The second-order valence-corrected chi connectivity index (χ2v) is 6.82. The van der Waals surface area contributed by atoms with Crippen LogP contribution in [0.3, 0.4) is 0 Å². The average molecular weight is 381 g/mol. The van der Waals surface area contributed by atoms with Crippen LogP contribution in [-0.2, 0) is 0 Å². The third-order valence-electron chi connectivity index (χ3n) is 5.05. The van der Waals surface area contributed by atoms with Gasteiger partial charge in [-0.2, -0.15) is 14.6 Å². The molecule has 0 spiro atoms. The van der Waals surface area contributed by atoms with E-state index < -0.39 is 11.6 Å². The Kier molecular flexibility index (Phi) is 3.81. The normalized spacial score (nSPS) is 15.0. The minimum Gasteiger partial charge on any atom is -0.367 e. The van der Waals surface area contributed by atoms with Gasteiger partial charge >= 0.3 is 0 Å². The fourth-order valence-corrected chi connectivity index (χ4v) is 3.75. The summed E-state index contributed by atoms with van der Waals surface area (Å²) in [6.07, 6.45) is 3.06. The van der Waals surface area contributed by atoms with E-state index in [-0.39, 0.29) is 5.52 Å². The van der Waals surface area contributed by atoms with Crippen LogP contribution in [0.25, 0.3) is 16.7 Å². The van der Waals surface area contributed by atoms with Crippen LogP contribution in [0.1, 0.15) is 5.69 Å². The molecule has 1 aliphatic heterocycles. The first-order chi connectivity index (χ1) is 13.6. The van der Waals surface area contributed by atoms with E-state index in [0.29, 0.717) is 24.3 Å². The summed E-state index contributed by atoms with van der Waals surface area (Å²) in [4.78, 5) is 17.0. The average Bonchev–Trinajstić information content (AvgIpc) is 3.15. The molecule has 4 aromatic rings. The topological polar surface area (TPSA) is 62.5 Å². The first-order valence-corrected chi connectivity index (χ1v) is 9.01. The number of aromatic nitrogens is 5. The molecule has 0 aliphatic carbocycles. The van der Waals surface area contributed by atoms with E-state index in [9.17, 15) is 8.78 Å². The number of fused-ring (bicyclic) bond motifs is 2. The Morgan fingerprint density at radius 2 is 1.75 bits per heavy atom. The molecule has 0 amide bonds. The summed E-state index contributed by atoms with van der Waals surface area (Å²) >= 11 is 0. The monoisotopic (exact) mass is 381 g/mol. The number of rotatable bonds is 2. The van der Waals surface area contributed by atoms with Crippen LogP contribution < -0.4 is 9.80 Å². The molecule has 4 heterocycles. The molecular formula is C19H17F2N7. The quantitative estimate of drug-likeness (QED) is 0.532. The molecule has 142 valence electrons. The molecule has 7 nitrogen and oxygen atoms in total. The molecule has 0 bridgehead atoms. The summed E-state index contributed by atoms with van der Waals surface area (Å²) in [6, 6.07) is 6.01. The highest BCUT2D eigenvalue weighted by molar-refractivity contribution is 5.92. The maximum Gasteiger partial charge on any atom is 0.254 e. The fourth-order valence-electron chi connectivity index (χ4n) is 3.75. The van der Waals surface area contributed by atoms with Crippen LogP contribution in [-0.4, -0.2) is 50.7 Å². The number of aryl methyl sites for hydroxylation is 1. The van der Waals surface area contributed by atoms with Gasteiger partial charge in [0.15, 0.2) is 5.82 Å². The van der Waals surface area contributed by atoms with Crippen LogP contribution in [0.4, 0.5) is 20.3 Å². The Morgan fingerprint density at radius 3 is 2.57 bits per heavy atom. The maximum atomic E-state index is 14.1. The number of hydrogen-bond acceptors (Lipinski definition) is 6. The molecule has 3 aromatic heterocycles. The molecule has 5 rings (SSSR count). The number of halogens is 2. The van der Waals surface area contributed by atoms with Crippen LogP contribution in [0, 0.1) is 18.6 Å². The maximum absolute atomic E-state index is 14.1. The van der Waals surface area contributed by atoms with Gasteiger partial charge in [-0.3, -0.25) is 4.98 Å². The van der Waals surface area contributed by atoms with Crippen LogP contribution >= 0.6 is 0 Å². The van der Waals surface area contributed by atoms with Crippen molar-refractivity contribution in [3.05, 3.63) is 54.1 Å². The lowest BCUT2D eigenvalue weighted by Crippen LogP contribution is -2.47. The van der Waals surface area contributed by atoms with Crippen molar-refractivity contribution in [2.75, 3.05) is 36.0 Å². The third-order valence-corrected chi connectivity index (χ3v) is 5.05. The number of hydrogen-bond donors (Lipinski definition) is 0. The summed E-state index contributed by atoms with van der Waals surface area (Å²) in [5.74, 6) is 0.273. The lowest BCUT2D eigenvalue weighted by atomic mass is 10.1. The second-order valence-electron chi connectivity index (χ2n) is 6.82. The minimum absolute atomic E-state index is 0.190. The van der Waals surface area contributed by atoms with E-state index in [1.807, 2.05) is 19.1 Å². The Hall–Kier alpha value is -3.36. The zero-order valence-corrected chi connectivity index (χ0v) is 15.2. The third kappa shape index (κ3) is 2.70. The Balaban J connectivity index is 1.45.